The largest absolute Gasteiger partial charge is 0.464 e. The highest BCUT2D eigenvalue weighted by atomic mass is 32.2. The lowest BCUT2D eigenvalue weighted by molar-refractivity contribution is -0.153. The van der Waals surface area contributed by atoms with Gasteiger partial charge in [0.1, 0.15) is 0 Å². The Morgan fingerprint density at radius 3 is 2.10 bits per heavy atom. The fraction of sp³-hybridized carbons (Fsp3) is 0.895. The van der Waals surface area contributed by atoms with Gasteiger partial charge in [-0.15, -0.1) is 0 Å². The molecule has 31 heavy (non-hydrogen) atoms. The van der Waals surface area contributed by atoms with Gasteiger partial charge in [-0.25, -0.2) is 4.79 Å². The van der Waals surface area contributed by atoms with Gasteiger partial charge < -0.3 is 19.4 Å². The van der Waals surface area contributed by atoms with E-state index in [2.05, 4.69) is 10.0 Å². The maximum atomic E-state index is 12.8. The average molecular weight is 463 g/mol. The Morgan fingerprint density at radius 1 is 1.10 bits per heavy atom. The number of carbonyl (C=O) groups excluding carboxylic acids is 2. The second-order valence-corrected chi connectivity index (χ2v) is 11.0. The molecule has 0 bridgehead atoms. The number of unbranched alkanes of at least 4 members (excludes halogenated alkanes) is 1. The summed E-state index contributed by atoms with van der Waals surface area (Å²) in [6, 6.07) is 0. The molecule has 2 N–H and O–H groups in total. The highest BCUT2D eigenvalue weighted by Crippen LogP contribution is 2.38. The third kappa shape index (κ3) is 7.42. The molecule has 1 saturated heterocycles. The molecule has 1 amide bonds. The van der Waals surface area contributed by atoms with Gasteiger partial charge in [0.2, 0.25) is 5.91 Å². The van der Waals surface area contributed by atoms with Crippen LogP contribution in [0.3, 0.4) is 0 Å². The van der Waals surface area contributed by atoms with Crippen molar-refractivity contribution in [2.45, 2.75) is 83.9 Å². The molecule has 0 aromatic heterocycles. The van der Waals surface area contributed by atoms with Crippen molar-refractivity contribution in [2.75, 3.05) is 27.2 Å². The number of hydrogen-bond donors (Lipinski definition) is 2. The SMILES string of the molecule is CCOC(=O)C(CCCCB1OC(C)(C)C(C)(C)O1)(CNS(=O)(=O)N(C)C)NC(C)=O. The number of rotatable bonds is 12. The van der Waals surface area contributed by atoms with Gasteiger partial charge >= 0.3 is 13.1 Å². The van der Waals surface area contributed by atoms with E-state index in [0.717, 1.165) is 4.31 Å². The van der Waals surface area contributed by atoms with E-state index >= 15 is 0 Å². The molecule has 10 nitrogen and oxygen atoms in total. The normalized spacial score (nSPS) is 19.8. The Balaban J connectivity index is 2.88. The van der Waals surface area contributed by atoms with E-state index in [4.69, 9.17) is 14.0 Å². The third-order valence-electron chi connectivity index (χ3n) is 5.71. The lowest BCUT2D eigenvalue weighted by atomic mass is 9.80. The molecule has 0 radical (unpaired) electrons. The van der Waals surface area contributed by atoms with Crippen LogP contribution in [0.15, 0.2) is 0 Å². The van der Waals surface area contributed by atoms with E-state index in [1.54, 1.807) is 6.92 Å². The van der Waals surface area contributed by atoms with Crippen molar-refractivity contribution in [1.29, 1.82) is 0 Å². The lowest BCUT2D eigenvalue weighted by Crippen LogP contribution is -2.61. The first kappa shape index (κ1) is 27.8. The Labute approximate surface area is 187 Å². The highest BCUT2D eigenvalue weighted by molar-refractivity contribution is 7.87. The zero-order valence-electron chi connectivity index (χ0n) is 20.0. The monoisotopic (exact) mass is 463 g/mol. The quantitative estimate of drug-likeness (QED) is 0.252. The van der Waals surface area contributed by atoms with Crippen molar-refractivity contribution < 1.29 is 32.1 Å². The molecule has 0 spiro atoms. The summed E-state index contributed by atoms with van der Waals surface area (Å²) in [6.07, 6.45) is 1.97. The molecule has 180 valence electrons. The van der Waals surface area contributed by atoms with Crippen LogP contribution >= 0.6 is 0 Å². The standard InChI is InChI=1S/C19H38BN3O7S/c1-9-28-16(25)19(22-15(2)24,14-21-31(26,27)23(7)8)12-10-11-13-20-29-17(3,4)18(5,6)30-20/h21H,9-14H2,1-8H3,(H,22,24). The minimum Gasteiger partial charge on any atom is -0.464 e. The van der Waals surface area contributed by atoms with Crippen molar-refractivity contribution >= 4 is 29.2 Å². The van der Waals surface area contributed by atoms with Crippen LogP contribution in [0.2, 0.25) is 6.32 Å². The van der Waals surface area contributed by atoms with E-state index in [1.165, 1.54) is 21.0 Å². The van der Waals surface area contributed by atoms with Gasteiger partial charge in [0.25, 0.3) is 10.2 Å². The second kappa shape index (κ2) is 10.6. The van der Waals surface area contributed by atoms with Crippen LogP contribution in [-0.4, -0.2) is 75.7 Å². The van der Waals surface area contributed by atoms with E-state index in [-0.39, 0.29) is 26.7 Å². The minimum atomic E-state index is -3.80. The van der Waals surface area contributed by atoms with Crippen LogP contribution in [-0.2, 0) is 33.8 Å². The van der Waals surface area contributed by atoms with Crippen molar-refractivity contribution in [3.05, 3.63) is 0 Å². The van der Waals surface area contributed by atoms with Crippen molar-refractivity contribution in [3.63, 3.8) is 0 Å². The molecule has 1 rings (SSSR count). The summed E-state index contributed by atoms with van der Waals surface area (Å²) in [5.41, 5.74) is -2.36. The Hall–Kier alpha value is -1.21. The molecule has 1 fully saturated rings. The Morgan fingerprint density at radius 2 is 1.65 bits per heavy atom. The zero-order chi connectivity index (χ0) is 24.1. The van der Waals surface area contributed by atoms with Crippen LogP contribution in [0.1, 0.15) is 60.8 Å². The van der Waals surface area contributed by atoms with Crippen LogP contribution in [0.5, 0.6) is 0 Å². The van der Waals surface area contributed by atoms with Crippen molar-refractivity contribution in [3.8, 4) is 0 Å². The van der Waals surface area contributed by atoms with Crippen LogP contribution in [0.25, 0.3) is 0 Å². The zero-order valence-corrected chi connectivity index (χ0v) is 20.8. The molecule has 0 aliphatic carbocycles. The number of amides is 1. The van der Waals surface area contributed by atoms with Gasteiger partial charge in [0, 0.05) is 27.6 Å². The maximum Gasteiger partial charge on any atom is 0.457 e. The first-order valence-corrected chi connectivity index (χ1v) is 12.0. The van der Waals surface area contributed by atoms with Crippen molar-refractivity contribution in [1.82, 2.24) is 14.3 Å². The van der Waals surface area contributed by atoms with Gasteiger partial charge in [-0.3, -0.25) is 4.79 Å². The molecular formula is C19H38BN3O7S. The summed E-state index contributed by atoms with van der Waals surface area (Å²) in [7, 11) is -1.42. The summed E-state index contributed by atoms with van der Waals surface area (Å²) in [5.74, 6) is -1.13. The van der Waals surface area contributed by atoms with E-state index in [9.17, 15) is 18.0 Å². The van der Waals surface area contributed by atoms with E-state index in [1.807, 2.05) is 27.7 Å². The molecule has 1 atom stereocenters. The predicted octanol–water partition coefficient (Wildman–Crippen LogP) is 1.08. The molecule has 12 heteroatoms. The fourth-order valence-electron chi connectivity index (χ4n) is 3.19. The number of carbonyl (C=O) groups is 2. The van der Waals surface area contributed by atoms with Gasteiger partial charge in [0.15, 0.2) is 5.54 Å². The number of esters is 1. The molecule has 0 aromatic carbocycles. The summed E-state index contributed by atoms with van der Waals surface area (Å²) in [4.78, 5) is 24.6. The van der Waals surface area contributed by atoms with E-state index in [0.29, 0.717) is 19.2 Å². The number of nitrogens with one attached hydrogen (secondary N) is 2. The molecule has 1 unspecified atom stereocenters. The number of nitrogens with zero attached hydrogens (tertiary/aromatic N) is 1. The summed E-state index contributed by atoms with van der Waals surface area (Å²) in [6.45, 7) is 10.6. The molecule has 1 aliphatic heterocycles. The third-order valence-corrected chi connectivity index (χ3v) is 7.18. The molecule has 0 aromatic rings. The summed E-state index contributed by atoms with van der Waals surface area (Å²) >= 11 is 0. The smallest absolute Gasteiger partial charge is 0.457 e. The first-order chi connectivity index (χ1) is 14.1. The van der Waals surface area contributed by atoms with E-state index < -0.39 is 38.8 Å². The molecular weight excluding hydrogens is 425 g/mol. The van der Waals surface area contributed by atoms with Gasteiger partial charge in [0.05, 0.1) is 17.8 Å². The average Bonchev–Trinajstić information content (AvgIpc) is 2.82. The second-order valence-electron chi connectivity index (χ2n) is 9.02. The van der Waals surface area contributed by atoms with Crippen molar-refractivity contribution in [2.24, 2.45) is 0 Å². The first-order valence-electron chi connectivity index (χ1n) is 10.6. The number of hydrogen-bond acceptors (Lipinski definition) is 7. The fourth-order valence-corrected chi connectivity index (χ4v) is 3.88. The molecule has 0 saturated carbocycles. The highest BCUT2D eigenvalue weighted by Gasteiger charge is 2.50. The van der Waals surface area contributed by atoms with Crippen LogP contribution in [0.4, 0.5) is 0 Å². The lowest BCUT2D eigenvalue weighted by Gasteiger charge is -2.32. The summed E-state index contributed by atoms with van der Waals surface area (Å²) in [5, 5.41) is 2.62. The maximum absolute atomic E-state index is 12.8. The van der Waals surface area contributed by atoms with Crippen LogP contribution < -0.4 is 10.0 Å². The van der Waals surface area contributed by atoms with Gasteiger partial charge in [-0.2, -0.15) is 17.4 Å². The van der Waals surface area contributed by atoms with Crippen LogP contribution in [0, 0.1) is 0 Å². The summed E-state index contributed by atoms with van der Waals surface area (Å²) < 4.78 is 44.9. The predicted molar refractivity (Wildman–Crippen MR) is 119 cm³/mol. The Kier molecular flexibility index (Phi) is 9.52. The molecule has 1 aliphatic rings. The van der Waals surface area contributed by atoms with Gasteiger partial charge in [-0.05, 0) is 47.4 Å². The minimum absolute atomic E-state index is 0.106. The number of ether oxygens (including phenoxy) is 1. The molecule has 1 heterocycles. The van der Waals surface area contributed by atoms with Gasteiger partial charge in [-0.1, -0.05) is 12.8 Å². The topological polar surface area (TPSA) is 123 Å². The Bertz CT molecular complexity index is 727.